The van der Waals surface area contributed by atoms with Crippen LogP contribution in [0.3, 0.4) is 0 Å². The van der Waals surface area contributed by atoms with E-state index in [2.05, 4.69) is 5.32 Å². The Morgan fingerprint density at radius 1 is 1.12 bits per heavy atom. The maximum absolute atomic E-state index is 12.6. The molecule has 2 aromatic heterocycles. The average molecular weight is 378 g/mol. The molecule has 0 spiro atoms. The predicted octanol–water partition coefficient (Wildman–Crippen LogP) is 5.21. The number of benzene rings is 2. The van der Waals surface area contributed by atoms with Gasteiger partial charge in [-0.15, -0.1) is 11.3 Å². The number of imidazole rings is 1. The van der Waals surface area contributed by atoms with Crippen molar-refractivity contribution in [1.29, 1.82) is 0 Å². The van der Waals surface area contributed by atoms with Crippen molar-refractivity contribution >= 4 is 51.1 Å². The summed E-state index contributed by atoms with van der Waals surface area (Å²) in [6, 6.07) is 15.4. The molecule has 0 radical (unpaired) electrons. The zero-order valence-electron chi connectivity index (χ0n) is 13.4. The maximum atomic E-state index is 12.6. The highest BCUT2D eigenvalue weighted by Gasteiger charge is 2.27. The van der Waals surface area contributed by atoms with Crippen LogP contribution in [0.5, 0.6) is 0 Å². The molecule has 0 fully saturated rings. The minimum atomic E-state index is -0.155. The van der Waals surface area contributed by atoms with Crippen molar-refractivity contribution in [3.63, 3.8) is 0 Å². The number of rotatable bonds is 2. The maximum Gasteiger partial charge on any atom is 0.256 e. The largest absolute Gasteiger partial charge is 0.321 e. The summed E-state index contributed by atoms with van der Waals surface area (Å²) in [6.07, 6.45) is 3.84. The van der Waals surface area contributed by atoms with Crippen molar-refractivity contribution in [2.45, 2.75) is 0 Å². The van der Waals surface area contributed by atoms with Crippen molar-refractivity contribution in [2.24, 2.45) is 0 Å². The molecule has 0 bridgehead atoms. The van der Waals surface area contributed by atoms with E-state index in [0.29, 0.717) is 10.6 Å². The highest BCUT2D eigenvalue weighted by molar-refractivity contribution is 7.15. The lowest BCUT2D eigenvalue weighted by molar-refractivity contribution is -0.110. The van der Waals surface area contributed by atoms with Crippen LogP contribution in [-0.4, -0.2) is 15.3 Å². The molecule has 5 rings (SSSR count). The summed E-state index contributed by atoms with van der Waals surface area (Å²) in [6.45, 7) is 0. The molecule has 6 heteroatoms. The molecule has 4 aromatic rings. The van der Waals surface area contributed by atoms with Gasteiger partial charge in [-0.2, -0.15) is 0 Å². The van der Waals surface area contributed by atoms with E-state index < -0.39 is 0 Å². The van der Waals surface area contributed by atoms with Gasteiger partial charge in [0.1, 0.15) is 0 Å². The Morgan fingerprint density at radius 3 is 2.81 bits per heavy atom. The molecule has 26 heavy (non-hydrogen) atoms. The van der Waals surface area contributed by atoms with E-state index in [4.69, 9.17) is 16.6 Å². The van der Waals surface area contributed by atoms with E-state index in [1.807, 2.05) is 64.5 Å². The molecule has 0 atom stereocenters. The van der Waals surface area contributed by atoms with E-state index in [0.717, 1.165) is 33.2 Å². The van der Waals surface area contributed by atoms with E-state index in [1.54, 1.807) is 17.4 Å². The van der Waals surface area contributed by atoms with Crippen molar-refractivity contribution in [2.75, 3.05) is 5.32 Å². The number of carbonyl (C=O) groups excluding carboxylic acids is 1. The molecule has 1 N–H and O–H groups in total. The number of hydrogen-bond donors (Lipinski definition) is 1. The Hall–Kier alpha value is -2.89. The zero-order valence-corrected chi connectivity index (χ0v) is 15.0. The van der Waals surface area contributed by atoms with Crippen molar-refractivity contribution in [3.8, 4) is 11.3 Å². The molecule has 0 unspecified atom stereocenters. The van der Waals surface area contributed by atoms with Gasteiger partial charge in [0.15, 0.2) is 4.96 Å². The van der Waals surface area contributed by atoms with Gasteiger partial charge in [-0.25, -0.2) is 4.98 Å². The molecule has 0 saturated carbocycles. The van der Waals surface area contributed by atoms with E-state index in [9.17, 15) is 4.79 Å². The first-order chi connectivity index (χ1) is 12.7. The van der Waals surface area contributed by atoms with E-state index >= 15 is 0 Å². The Bertz CT molecular complexity index is 1190. The summed E-state index contributed by atoms with van der Waals surface area (Å²) >= 11 is 7.93. The number of carbonyl (C=O) groups is 1. The second-order valence-electron chi connectivity index (χ2n) is 5.94. The molecule has 1 aliphatic rings. The Kier molecular flexibility index (Phi) is 3.45. The van der Waals surface area contributed by atoms with Crippen molar-refractivity contribution in [3.05, 3.63) is 76.4 Å². The fraction of sp³-hybridized carbons (Fsp3) is 0. The smallest absolute Gasteiger partial charge is 0.256 e. The fourth-order valence-electron chi connectivity index (χ4n) is 3.23. The second-order valence-corrected chi connectivity index (χ2v) is 7.22. The first-order valence-electron chi connectivity index (χ1n) is 8.05. The van der Waals surface area contributed by atoms with Crippen LogP contribution in [-0.2, 0) is 4.79 Å². The molecule has 1 amide bonds. The quantitative estimate of drug-likeness (QED) is 0.487. The van der Waals surface area contributed by atoms with Crippen LogP contribution in [0.4, 0.5) is 5.69 Å². The van der Waals surface area contributed by atoms with Gasteiger partial charge in [0.05, 0.1) is 27.7 Å². The van der Waals surface area contributed by atoms with Gasteiger partial charge in [0.25, 0.3) is 5.91 Å². The number of nitrogens with one attached hydrogen (secondary N) is 1. The number of nitrogens with zero attached hydrogens (tertiary/aromatic N) is 2. The summed E-state index contributed by atoms with van der Waals surface area (Å²) < 4.78 is 2.00. The molecular formula is C20H12ClN3OS. The summed E-state index contributed by atoms with van der Waals surface area (Å²) in [5.74, 6) is -0.155. The monoisotopic (exact) mass is 377 g/mol. The van der Waals surface area contributed by atoms with Crippen LogP contribution in [0.2, 0.25) is 5.02 Å². The third-order valence-corrected chi connectivity index (χ3v) is 5.47. The summed E-state index contributed by atoms with van der Waals surface area (Å²) in [7, 11) is 0. The topological polar surface area (TPSA) is 46.4 Å². The molecular weight excluding hydrogens is 366 g/mol. The molecule has 4 nitrogen and oxygen atoms in total. The first kappa shape index (κ1) is 15.4. The summed E-state index contributed by atoms with van der Waals surface area (Å²) in [5.41, 5.74) is 4.75. The van der Waals surface area contributed by atoms with Gasteiger partial charge in [0.2, 0.25) is 0 Å². The number of amides is 1. The van der Waals surface area contributed by atoms with Gasteiger partial charge < -0.3 is 5.32 Å². The van der Waals surface area contributed by atoms with E-state index in [1.165, 1.54) is 0 Å². The summed E-state index contributed by atoms with van der Waals surface area (Å²) in [4.78, 5) is 18.2. The number of thiazole rings is 1. The zero-order chi connectivity index (χ0) is 17.7. The number of aromatic nitrogens is 2. The molecule has 126 valence electrons. The first-order valence-corrected chi connectivity index (χ1v) is 9.31. The normalized spacial score (nSPS) is 14.8. The SMILES string of the molecule is O=C1Nc2cccc(Cl)c2/C1=C\c1c(-c2ccccc2)nc2sccn12. The van der Waals surface area contributed by atoms with Crippen molar-refractivity contribution in [1.82, 2.24) is 9.38 Å². The van der Waals surface area contributed by atoms with Crippen LogP contribution in [0.1, 0.15) is 11.3 Å². The Labute approximate surface area is 158 Å². The molecule has 3 heterocycles. The number of hydrogen-bond acceptors (Lipinski definition) is 3. The standard InChI is InChI=1S/C20H12ClN3OS/c21-14-7-4-8-15-17(14)13(19(25)22-15)11-16-18(12-5-2-1-3-6-12)23-20-24(16)9-10-26-20/h1-11H,(H,22,25)/b13-11+. The van der Waals surface area contributed by atoms with Crippen molar-refractivity contribution < 1.29 is 4.79 Å². The highest BCUT2D eigenvalue weighted by atomic mass is 35.5. The van der Waals surface area contributed by atoms with Gasteiger partial charge >= 0.3 is 0 Å². The van der Waals surface area contributed by atoms with Crippen LogP contribution < -0.4 is 5.32 Å². The van der Waals surface area contributed by atoms with Gasteiger partial charge in [0, 0.05) is 22.7 Å². The van der Waals surface area contributed by atoms with Crippen LogP contribution >= 0.6 is 22.9 Å². The van der Waals surface area contributed by atoms with Gasteiger partial charge in [-0.3, -0.25) is 9.20 Å². The second kappa shape index (κ2) is 5.83. The minimum Gasteiger partial charge on any atom is -0.321 e. The lowest BCUT2D eigenvalue weighted by atomic mass is 10.0. The molecule has 1 aliphatic heterocycles. The van der Waals surface area contributed by atoms with Crippen LogP contribution in [0.25, 0.3) is 27.9 Å². The lowest BCUT2D eigenvalue weighted by Gasteiger charge is -2.03. The van der Waals surface area contributed by atoms with E-state index in [-0.39, 0.29) is 5.91 Å². The predicted molar refractivity (Wildman–Crippen MR) is 106 cm³/mol. The van der Waals surface area contributed by atoms with Crippen LogP contribution in [0.15, 0.2) is 60.1 Å². The summed E-state index contributed by atoms with van der Waals surface area (Å²) in [5, 5.41) is 5.42. The lowest BCUT2D eigenvalue weighted by Crippen LogP contribution is -2.04. The third kappa shape index (κ3) is 2.29. The molecule has 0 saturated heterocycles. The molecule has 2 aromatic carbocycles. The number of halogens is 1. The third-order valence-electron chi connectivity index (χ3n) is 4.40. The van der Waals surface area contributed by atoms with Crippen LogP contribution in [0, 0.1) is 0 Å². The minimum absolute atomic E-state index is 0.155. The van der Waals surface area contributed by atoms with Gasteiger partial charge in [-0.05, 0) is 18.2 Å². The molecule has 0 aliphatic carbocycles. The number of anilines is 1. The van der Waals surface area contributed by atoms with Gasteiger partial charge in [-0.1, -0.05) is 48.0 Å². The Balaban J connectivity index is 1.78. The number of fused-ring (bicyclic) bond motifs is 2. The fourth-order valence-corrected chi connectivity index (χ4v) is 4.23. The average Bonchev–Trinajstić information content (AvgIpc) is 3.31. The Morgan fingerprint density at radius 2 is 1.96 bits per heavy atom. The highest BCUT2D eigenvalue weighted by Crippen LogP contribution is 2.39.